The van der Waals surface area contributed by atoms with E-state index in [4.69, 9.17) is 4.74 Å². The van der Waals surface area contributed by atoms with E-state index in [9.17, 15) is 4.79 Å². The van der Waals surface area contributed by atoms with E-state index in [0.29, 0.717) is 24.5 Å². The summed E-state index contributed by atoms with van der Waals surface area (Å²) < 4.78 is 6.38. The summed E-state index contributed by atoms with van der Waals surface area (Å²) in [6, 6.07) is 11.9. The summed E-state index contributed by atoms with van der Waals surface area (Å²) in [5.74, 6) is 2.10. The van der Waals surface area contributed by atoms with Gasteiger partial charge in [-0.15, -0.1) is 11.3 Å². The molecule has 0 fully saturated rings. The summed E-state index contributed by atoms with van der Waals surface area (Å²) in [5, 5.41) is 5.27. The van der Waals surface area contributed by atoms with Crippen molar-refractivity contribution in [2.75, 3.05) is 43.5 Å². The van der Waals surface area contributed by atoms with Crippen molar-refractivity contribution in [1.29, 1.82) is 0 Å². The molecule has 0 unspecified atom stereocenters. The highest BCUT2D eigenvalue weighted by molar-refractivity contribution is 7.10. The first-order valence-corrected chi connectivity index (χ1v) is 11.8. The van der Waals surface area contributed by atoms with Gasteiger partial charge in [0, 0.05) is 55.8 Å². The number of rotatable bonds is 8. The Bertz CT molecular complexity index is 1060. The predicted octanol–water partition coefficient (Wildman–Crippen LogP) is 3.93. The lowest BCUT2D eigenvalue weighted by molar-refractivity contribution is 0.0989. The van der Waals surface area contributed by atoms with E-state index in [1.807, 2.05) is 56.3 Å². The van der Waals surface area contributed by atoms with Gasteiger partial charge in [0.1, 0.15) is 29.1 Å². The maximum absolute atomic E-state index is 13.4. The second kappa shape index (κ2) is 10.1. The molecule has 1 N–H and O–H groups in total. The molecule has 32 heavy (non-hydrogen) atoms. The molecule has 1 amide bonds. The van der Waals surface area contributed by atoms with Gasteiger partial charge in [-0.25, -0.2) is 9.97 Å². The second-order valence-electron chi connectivity index (χ2n) is 7.77. The first kappa shape index (κ1) is 22.2. The first-order chi connectivity index (χ1) is 15.6. The highest BCUT2D eigenvalue weighted by atomic mass is 32.1. The molecule has 1 aromatic carbocycles. The van der Waals surface area contributed by atoms with Crippen molar-refractivity contribution in [3.05, 3.63) is 64.2 Å². The molecule has 0 spiro atoms. The van der Waals surface area contributed by atoms with Gasteiger partial charge in [0.2, 0.25) is 0 Å². The number of hydrogen-bond acceptors (Lipinski definition) is 7. The molecule has 2 aromatic heterocycles. The summed E-state index contributed by atoms with van der Waals surface area (Å²) in [6.45, 7) is 4.11. The van der Waals surface area contributed by atoms with E-state index < -0.39 is 0 Å². The molecule has 0 saturated carbocycles. The van der Waals surface area contributed by atoms with Crippen LogP contribution in [0.25, 0.3) is 0 Å². The Hall–Kier alpha value is -2.97. The molecule has 0 bridgehead atoms. The van der Waals surface area contributed by atoms with Gasteiger partial charge in [-0.3, -0.25) is 4.79 Å². The summed E-state index contributed by atoms with van der Waals surface area (Å²) in [5.41, 5.74) is 1.34. The van der Waals surface area contributed by atoms with E-state index in [0.717, 1.165) is 36.6 Å². The SMILES string of the molecule is CCc1ncc2c(n1)N(C)CCN(c1cccc(O[C@@H](CCNC)c3cccs3)c1)C2=O. The summed E-state index contributed by atoms with van der Waals surface area (Å²) in [7, 11) is 3.91. The van der Waals surface area contributed by atoms with Crippen LogP contribution in [0.4, 0.5) is 11.5 Å². The molecular weight excluding hydrogens is 422 g/mol. The number of benzene rings is 1. The van der Waals surface area contributed by atoms with Crippen LogP contribution in [-0.4, -0.2) is 49.6 Å². The number of likely N-dealkylation sites (N-methyl/N-ethyl adjacent to an activating group) is 1. The van der Waals surface area contributed by atoms with Crippen LogP contribution in [0, 0.1) is 0 Å². The topological polar surface area (TPSA) is 70.6 Å². The number of nitrogens with one attached hydrogen (secondary N) is 1. The van der Waals surface area contributed by atoms with Crippen molar-refractivity contribution >= 4 is 28.7 Å². The number of anilines is 2. The molecule has 1 aliphatic rings. The number of hydrogen-bond donors (Lipinski definition) is 1. The normalized spacial score (nSPS) is 14.8. The first-order valence-electron chi connectivity index (χ1n) is 10.9. The molecule has 4 rings (SSSR count). The Labute approximate surface area is 193 Å². The van der Waals surface area contributed by atoms with Crippen molar-refractivity contribution < 1.29 is 9.53 Å². The molecule has 7 nitrogen and oxygen atoms in total. The molecular formula is C24H29N5O2S. The minimum Gasteiger partial charge on any atom is -0.485 e. The van der Waals surface area contributed by atoms with E-state index in [2.05, 4.69) is 26.7 Å². The number of aromatic nitrogens is 2. The maximum atomic E-state index is 13.4. The lowest BCUT2D eigenvalue weighted by atomic mass is 10.2. The van der Waals surface area contributed by atoms with Crippen molar-refractivity contribution in [2.24, 2.45) is 0 Å². The lowest BCUT2D eigenvalue weighted by Gasteiger charge is -2.23. The smallest absolute Gasteiger partial charge is 0.263 e. The summed E-state index contributed by atoms with van der Waals surface area (Å²) in [4.78, 5) is 27.4. The van der Waals surface area contributed by atoms with Gasteiger partial charge in [-0.2, -0.15) is 0 Å². The number of carbonyl (C=O) groups is 1. The third-order valence-corrected chi connectivity index (χ3v) is 6.52. The number of fused-ring (bicyclic) bond motifs is 1. The number of aryl methyl sites for hydroxylation is 1. The van der Waals surface area contributed by atoms with Crippen LogP contribution in [0.5, 0.6) is 5.75 Å². The van der Waals surface area contributed by atoms with Crippen LogP contribution in [0.15, 0.2) is 48.0 Å². The van der Waals surface area contributed by atoms with E-state index in [1.165, 1.54) is 4.88 Å². The van der Waals surface area contributed by atoms with Crippen LogP contribution < -0.4 is 19.9 Å². The van der Waals surface area contributed by atoms with E-state index in [1.54, 1.807) is 22.4 Å². The molecule has 3 aromatic rings. The second-order valence-corrected chi connectivity index (χ2v) is 8.75. The summed E-state index contributed by atoms with van der Waals surface area (Å²) in [6.07, 6.45) is 3.21. The fourth-order valence-electron chi connectivity index (χ4n) is 3.77. The van der Waals surface area contributed by atoms with Gasteiger partial charge >= 0.3 is 0 Å². The molecule has 0 saturated heterocycles. The predicted molar refractivity (Wildman–Crippen MR) is 129 cm³/mol. The largest absolute Gasteiger partial charge is 0.485 e. The highest BCUT2D eigenvalue weighted by Gasteiger charge is 2.28. The van der Waals surface area contributed by atoms with Crippen LogP contribution in [0.3, 0.4) is 0 Å². The van der Waals surface area contributed by atoms with Crippen LogP contribution >= 0.6 is 11.3 Å². The number of carbonyl (C=O) groups excluding carboxylic acids is 1. The van der Waals surface area contributed by atoms with Gasteiger partial charge in [0.25, 0.3) is 5.91 Å². The monoisotopic (exact) mass is 451 g/mol. The average Bonchev–Trinajstić information content (AvgIpc) is 3.32. The van der Waals surface area contributed by atoms with Gasteiger partial charge < -0.3 is 19.9 Å². The van der Waals surface area contributed by atoms with E-state index >= 15 is 0 Å². The molecule has 1 aliphatic heterocycles. The van der Waals surface area contributed by atoms with Gasteiger partial charge in [-0.05, 0) is 37.2 Å². The lowest BCUT2D eigenvalue weighted by Crippen LogP contribution is -2.33. The highest BCUT2D eigenvalue weighted by Crippen LogP contribution is 2.32. The molecule has 8 heteroatoms. The Balaban J connectivity index is 1.60. The standard InChI is InChI=1S/C24H29N5O2S/c1-4-22-26-16-19-23(27-22)28(3)12-13-29(24(19)30)17-7-5-8-18(15-17)31-20(10-11-25-2)21-9-6-14-32-21/h5-9,14-16,20,25H,4,10-13H2,1-3H3/t20-/m0/s1. The minimum atomic E-state index is -0.0888. The van der Waals surface area contributed by atoms with Crippen molar-refractivity contribution in [1.82, 2.24) is 15.3 Å². The number of ether oxygens (including phenoxy) is 1. The maximum Gasteiger partial charge on any atom is 0.263 e. The van der Waals surface area contributed by atoms with Gasteiger partial charge in [-0.1, -0.05) is 19.1 Å². The summed E-state index contributed by atoms with van der Waals surface area (Å²) >= 11 is 1.69. The average molecular weight is 452 g/mol. The molecule has 0 aliphatic carbocycles. The van der Waals surface area contributed by atoms with Gasteiger partial charge in [0.05, 0.1) is 0 Å². The minimum absolute atomic E-state index is 0.0368. The van der Waals surface area contributed by atoms with Crippen molar-refractivity contribution in [3.8, 4) is 5.75 Å². The zero-order valence-electron chi connectivity index (χ0n) is 18.7. The van der Waals surface area contributed by atoms with Crippen LogP contribution in [0.2, 0.25) is 0 Å². The quantitative estimate of drug-likeness (QED) is 0.560. The van der Waals surface area contributed by atoms with Crippen LogP contribution in [0.1, 0.15) is 40.5 Å². The van der Waals surface area contributed by atoms with Gasteiger partial charge in [0.15, 0.2) is 0 Å². The molecule has 1 atom stereocenters. The van der Waals surface area contributed by atoms with Crippen LogP contribution in [-0.2, 0) is 6.42 Å². The zero-order valence-corrected chi connectivity index (χ0v) is 19.6. The van der Waals surface area contributed by atoms with Crippen molar-refractivity contribution in [2.45, 2.75) is 25.9 Å². The third kappa shape index (κ3) is 4.76. The fraction of sp³-hybridized carbons (Fsp3) is 0.375. The molecule has 0 radical (unpaired) electrons. The van der Waals surface area contributed by atoms with Crippen molar-refractivity contribution in [3.63, 3.8) is 0 Å². The zero-order chi connectivity index (χ0) is 22.5. The Kier molecular flexibility index (Phi) is 7.02. The number of amides is 1. The molecule has 3 heterocycles. The third-order valence-electron chi connectivity index (χ3n) is 5.56. The Morgan fingerprint density at radius 1 is 1.25 bits per heavy atom. The number of thiophene rings is 1. The number of nitrogens with zero attached hydrogens (tertiary/aromatic N) is 4. The Morgan fingerprint density at radius 2 is 2.12 bits per heavy atom. The molecule has 168 valence electrons. The fourth-order valence-corrected chi connectivity index (χ4v) is 4.56. The Morgan fingerprint density at radius 3 is 2.88 bits per heavy atom. The van der Waals surface area contributed by atoms with E-state index in [-0.39, 0.29) is 12.0 Å².